The zero-order chi connectivity index (χ0) is 14.5. The van der Waals surface area contributed by atoms with Crippen molar-refractivity contribution in [2.45, 2.75) is 27.3 Å². The second kappa shape index (κ2) is 6.99. The minimum atomic E-state index is 0.667. The Morgan fingerprint density at radius 1 is 1.25 bits per heavy atom. The molecule has 0 atom stereocenters. The van der Waals surface area contributed by atoms with Crippen LogP contribution in [-0.2, 0) is 6.54 Å². The SMILES string of the molecule is Cc1nc(N2CCN(C)CC2)ncc1CNCC(C)C. The van der Waals surface area contributed by atoms with Crippen LogP contribution < -0.4 is 10.2 Å². The number of aromatic nitrogens is 2. The van der Waals surface area contributed by atoms with Crippen molar-refractivity contribution in [1.29, 1.82) is 0 Å². The van der Waals surface area contributed by atoms with Gasteiger partial charge in [0.05, 0.1) is 0 Å². The number of likely N-dealkylation sites (N-methyl/N-ethyl adjacent to an activating group) is 1. The van der Waals surface area contributed by atoms with Gasteiger partial charge in [0.25, 0.3) is 0 Å². The lowest BCUT2D eigenvalue weighted by Gasteiger charge is -2.32. The summed E-state index contributed by atoms with van der Waals surface area (Å²) < 4.78 is 0. The highest BCUT2D eigenvalue weighted by molar-refractivity contribution is 5.33. The van der Waals surface area contributed by atoms with E-state index in [2.05, 4.69) is 52.9 Å². The van der Waals surface area contributed by atoms with Crippen LogP contribution >= 0.6 is 0 Å². The van der Waals surface area contributed by atoms with E-state index in [-0.39, 0.29) is 0 Å². The lowest BCUT2D eigenvalue weighted by molar-refractivity contribution is 0.311. The van der Waals surface area contributed by atoms with Crippen LogP contribution in [-0.4, -0.2) is 54.6 Å². The Hall–Kier alpha value is -1.20. The number of nitrogens with one attached hydrogen (secondary N) is 1. The molecule has 0 aliphatic carbocycles. The molecule has 112 valence electrons. The van der Waals surface area contributed by atoms with Gasteiger partial charge in [-0.25, -0.2) is 9.97 Å². The summed E-state index contributed by atoms with van der Waals surface area (Å²) in [5.74, 6) is 1.55. The number of hydrogen-bond donors (Lipinski definition) is 1. The van der Waals surface area contributed by atoms with E-state index >= 15 is 0 Å². The van der Waals surface area contributed by atoms with Crippen LogP contribution in [0.5, 0.6) is 0 Å². The standard InChI is InChI=1S/C15H27N5/c1-12(2)9-16-10-14-11-17-15(18-13(14)3)20-7-5-19(4)6-8-20/h11-12,16H,5-10H2,1-4H3. The minimum absolute atomic E-state index is 0.667. The summed E-state index contributed by atoms with van der Waals surface area (Å²) in [6.45, 7) is 12.6. The molecule has 1 fully saturated rings. The van der Waals surface area contributed by atoms with Crippen LogP contribution in [0.2, 0.25) is 0 Å². The van der Waals surface area contributed by atoms with Crippen LogP contribution in [0.4, 0.5) is 5.95 Å². The monoisotopic (exact) mass is 277 g/mol. The van der Waals surface area contributed by atoms with E-state index in [0.717, 1.165) is 50.9 Å². The largest absolute Gasteiger partial charge is 0.338 e. The summed E-state index contributed by atoms with van der Waals surface area (Å²) in [4.78, 5) is 13.8. The Kier molecular flexibility index (Phi) is 5.31. The van der Waals surface area contributed by atoms with E-state index in [9.17, 15) is 0 Å². The molecule has 0 saturated carbocycles. The molecule has 1 aliphatic rings. The van der Waals surface area contributed by atoms with Crippen LogP contribution in [0.3, 0.4) is 0 Å². The Balaban J connectivity index is 1.95. The van der Waals surface area contributed by atoms with Crippen molar-refractivity contribution in [2.24, 2.45) is 5.92 Å². The highest BCUT2D eigenvalue weighted by Crippen LogP contribution is 2.13. The van der Waals surface area contributed by atoms with Crippen molar-refractivity contribution in [3.8, 4) is 0 Å². The van der Waals surface area contributed by atoms with E-state index in [1.54, 1.807) is 0 Å². The maximum atomic E-state index is 4.68. The van der Waals surface area contributed by atoms with E-state index in [0.29, 0.717) is 5.92 Å². The molecule has 2 rings (SSSR count). The summed E-state index contributed by atoms with van der Waals surface area (Å²) in [5.41, 5.74) is 2.29. The molecule has 1 aromatic heterocycles. The highest BCUT2D eigenvalue weighted by atomic mass is 15.3. The molecule has 1 N–H and O–H groups in total. The Labute approximate surface area is 122 Å². The summed E-state index contributed by atoms with van der Waals surface area (Å²) in [5, 5.41) is 3.45. The number of rotatable bonds is 5. The third-order valence-corrected chi connectivity index (χ3v) is 3.72. The molecule has 0 bridgehead atoms. The van der Waals surface area contributed by atoms with Gasteiger partial charge in [-0.2, -0.15) is 0 Å². The number of aryl methyl sites for hydroxylation is 1. The van der Waals surface area contributed by atoms with Crippen molar-refractivity contribution in [1.82, 2.24) is 20.2 Å². The third-order valence-electron chi connectivity index (χ3n) is 3.72. The van der Waals surface area contributed by atoms with Gasteiger partial charge < -0.3 is 15.1 Å². The minimum Gasteiger partial charge on any atom is -0.338 e. The quantitative estimate of drug-likeness (QED) is 0.878. The lowest BCUT2D eigenvalue weighted by Crippen LogP contribution is -2.45. The summed E-state index contributed by atoms with van der Waals surface area (Å²) in [7, 11) is 2.16. The zero-order valence-corrected chi connectivity index (χ0v) is 13.2. The first kappa shape index (κ1) is 15.2. The van der Waals surface area contributed by atoms with E-state index in [4.69, 9.17) is 0 Å². The first-order valence-corrected chi connectivity index (χ1v) is 7.53. The molecule has 5 heteroatoms. The highest BCUT2D eigenvalue weighted by Gasteiger charge is 2.16. The molecular formula is C15H27N5. The molecule has 1 aliphatic heterocycles. The molecule has 5 nitrogen and oxygen atoms in total. The van der Waals surface area contributed by atoms with Crippen molar-refractivity contribution in [2.75, 3.05) is 44.7 Å². The number of nitrogens with zero attached hydrogens (tertiary/aromatic N) is 4. The Morgan fingerprint density at radius 2 is 1.95 bits per heavy atom. The smallest absolute Gasteiger partial charge is 0.225 e. The first-order valence-electron chi connectivity index (χ1n) is 7.53. The number of hydrogen-bond acceptors (Lipinski definition) is 5. The molecule has 0 aromatic carbocycles. The topological polar surface area (TPSA) is 44.3 Å². The summed E-state index contributed by atoms with van der Waals surface area (Å²) >= 11 is 0. The van der Waals surface area contributed by atoms with Gasteiger partial charge in [0, 0.05) is 50.2 Å². The molecular weight excluding hydrogens is 250 g/mol. The van der Waals surface area contributed by atoms with E-state index < -0.39 is 0 Å². The normalized spacial score (nSPS) is 16.9. The fraction of sp³-hybridized carbons (Fsp3) is 0.733. The maximum Gasteiger partial charge on any atom is 0.225 e. The van der Waals surface area contributed by atoms with Crippen LogP contribution in [0.15, 0.2) is 6.20 Å². The van der Waals surface area contributed by atoms with Crippen molar-refractivity contribution in [3.05, 3.63) is 17.5 Å². The third kappa shape index (κ3) is 4.15. The van der Waals surface area contributed by atoms with Gasteiger partial charge >= 0.3 is 0 Å². The average Bonchev–Trinajstić information content (AvgIpc) is 2.41. The van der Waals surface area contributed by atoms with Gasteiger partial charge in [-0.1, -0.05) is 13.8 Å². The molecule has 0 spiro atoms. The molecule has 0 unspecified atom stereocenters. The van der Waals surface area contributed by atoms with Gasteiger partial charge in [-0.3, -0.25) is 0 Å². The van der Waals surface area contributed by atoms with E-state index in [1.807, 2.05) is 6.20 Å². The van der Waals surface area contributed by atoms with Crippen molar-refractivity contribution < 1.29 is 0 Å². The summed E-state index contributed by atoms with van der Waals surface area (Å²) in [6, 6.07) is 0. The Bertz CT molecular complexity index is 424. The van der Waals surface area contributed by atoms with Gasteiger partial charge in [0.15, 0.2) is 0 Å². The van der Waals surface area contributed by atoms with Crippen LogP contribution in [0, 0.1) is 12.8 Å². The molecule has 20 heavy (non-hydrogen) atoms. The molecule has 0 radical (unpaired) electrons. The van der Waals surface area contributed by atoms with Crippen molar-refractivity contribution >= 4 is 5.95 Å². The molecule has 0 amide bonds. The first-order chi connectivity index (χ1) is 9.56. The number of piperazine rings is 1. The fourth-order valence-electron chi connectivity index (χ4n) is 2.31. The summed E-state index contributed by atoms with van der Waals surface area (Å²) in [6.07, 6.45) is 1.98. The van der Waals surface area contributed by atoms with Gasteiger partial charge in [-0.05, 0) is 26.4 Å². The molecule has 2 heterocycles. The number of anilines is 1. The maximum absolute atomic E-state index is 4.68. The zero-order valence-electron chi connectivity index (χ0n) is 13.2. The predicted molar refractivity (Wildman–Crippen MR) is 83.0 cm³/mol. The molecule has 1 saturated heterocycles. The van der Waals surface area contributed by atoms with Gasteiger partial charge in [0.2, 0.25) is 5.95 Å². The van der Waals surface area contributed by atoms with E-state index in [1.165, 1.54) is 5.56 Å². The van der Waals surface area contributed by atoms with Gasteiger partial charge in [-0.15, -0.1) is 0 Å². The van der Waals surface area contributed by atoms with Crippen LogP contribution in [0.1, 0.15) is 25.1 Å². The molecule has 1 aromatic rings. The van der Waals surface area contributed by atoms with Gasteiger partial charge in [0.1, 0.15) is 0 Å². The Morgan fingerprint density at radius 3 is 2.55 bits per heavy atom. The lowest BCUT2D eigenvalue weighted by atomic mass is 10.2. The van der Waals surface area contributed by atoms with Crippen LogP contribution in [0.25, 0.3) is 0 Å². The predicted octanol–water partition coefficient (Wildman–Crippen LogP) is 1.28. The fourth-order valence-corrected chi connectivity index (χ4v) is 2.31. The van der Waals surface area contributed by atoms with Crippen molar-refractivity contribution in [3.63, 3.8) is 0 Å². The second-order valence-corrected chi connectivity index (χ2v) is 6.10. The second-order valence-electron chi connectivity index (χ2n) is 6.10. The average molecular weight is 277 g/mol.